The Morgan fingerprint density at radius 1 is 1.29 bits per heavy atom. The Balaban J connectivity index is 1.81. The second-order valence-corrected chi connectivity index (χ2v) is 5.82. The number of nitrogens with one attached hydrogen (secondary N) is 2. The lowest BCUT2D eigenvalue weighted by atomic mass is 10.1. The fourth-order valence-electron chi connectivity index (χ4n) is 1.92. The summed E-state index contributed by atoms with van der Waals surface area (Å²) >= 11 is 1.28. The number of hydrogen-bond acceptors (Lipinski definition) is 5. The molecule has 0 saturated heterocycles. The van der Waals surface area contributed by atoms with Crippen molar-refractivity contribution in [2.75, 3.05) is 11.9 Å². The molecule has 21 heavy (non-hydrogen) atoms. The molecule has 0 aliphatic heterocycles. The highest BCUT2D eigenvalue weighted by atomic mass is 32.1. The van der Waals surface area contributed by atoms with E-state index >= 15 is 0 Å². The first-order valence-electron chi connectivity index (χ1n) is 7.11. The van der Waals surface area contributed by atoms with Gasteiger partial charge in [-0.2, -0.15) is 0 Å². The predicted molar refractivity (Wildman–Crippen MR) is 85.8 cm³/mol. The molecule has 5 nitrogen and oxygen atoms in total. The molecule has 1 atom stereocenters. The molecule has 0 aliphatic carbocycles. The first kappa shape index (κ1) is 15.4. The smallest absolute Gasteiger partial charge is 0.282 e. The van der Waals surface area contributed by atoms with Gasteiger partial charge in [-0.05, 0) is 32.3 Å². The lowest BCUT2D eigenvalue weighted by molar-refractivity contribution is 0.0937. The average Bonchev–Trinajstić information content (AvgIpc) is 2.95. The first-order chi connectivity index (χ1) is 10.2. The normalized spacial score (nSPS) is 11.9. The van der Waals surface area contributed by atoms with Crippen LogP contribution in [0.25, 0.3) is 0 Å². The molecule has 2 rings (SSSR count). The second kappa shape index (κ2) is 7.73. The number of rotatable bonds is 7. The van der Waals surface area contributed by atoms with E-state index in [0.717, 1.165) is 19.4 Å². The summed E-state index contributed by atoms with van der Waals surface area (Å²) in [5.74, 6) is -0.155. The number of carbonyl (C=O) groups is 1. The summed E-state index contributed by atoms with van der Waals surface area (Å²) in [6, 6.07) is 10.4. The molecule has 1 unspecified atom stereocenters. The van der Waals surface area contributed by atoms with Crippen LogP contribution in [0.4, 0.5) is 5.13 Å². The number of carbonyl (C=O) groups excluding carboxylic acids is 1. The Bertz CT molecular complexity index is 570. The number of benzene rings is 1. The Kier molecular flexibility index (Phi) is 5.68. The van der Waals surface area contributed by atoms with Gasteiger partial charge in [0.25, 0.3) is 5.91 Å². The highest BCUT2D eigenvalue weighted by molar-refractivity contribution is 7.17. The monoisotopic (exact) mass is 304 g/mol. The molecule has 0 radical (unpaired) electrons. The third kappa shape index (κ3) is 4.82. The fraction of sp³-hybridized carbons (Fsp3) is 0.400. The van der Waals surface area contributed by atoms with Gasteiger partial charge in [-0.1, -0.05) is 41.7 Å². The zero-order valence-corrected chi connectivity index (χ0v) is 13.1. The highest BCUT2D eigenvalue weighted by Crippen LogP contribution is 2.15. The van der Waals surface area contributed by atoms with Crippen LogP contribution >= 0.6 is 11.3 Å². The molecule has 1 heterocycles. The van der Waals surface area contributed by atoms with Crippen molar-refractivity contribution in [1.82, 2.24) is 15.5 Å². The molecular formula is C15H20N4OS. The summed E-state index contributed by atoms with van der Waals surface area (Å²) in [7, 11) is 0. The summed E-state index contributed by atoms with van der Waals surface area (Å²) in [6.07, 6.45) is 1.84. The Labute approximate surface area is 128 Å². The van der Waals surface area contributed by atoms with Gasteiger partial charge < -0.3 is 10.6 Å². The van der Waals surface area contributed by atoms with Crippen molar-refractivity contribution >= 4 is 22.4 Å². The maximum Gasteiger partial charge on any atom is 0.282 e. The minimum Gasteiger partial charge on any atom is -0.360 e. The molecule has 1 aromatic carbocycles. The lowest BCUT2D eigenvalue weighted by Gasteiger charge is -2.12. The average molecular weight is 304 g/mol. The van der Waals surface area contributed by atoms with E-state index in [0.29, 0.717) is 10.1 Å². The lowest BCUT2D eigenvalue weighted by Crippen LogP contribution is -2.32. The SMILES string of the molecule is CCNc1nnc(C(=O)NC(C)CCc2ccccc2)s1. The second-order valence-electron chi connectivity index (χ2n) is 4.84. The molecule has 0 saturated carbocycles. The molecule has 0 spiro atoms. The summed E-state index contributed by atoms with van der Waals surface area (Å²) in [6.45, 7) is 4.75. The number of aryl methyl sites for hydroxylation is 1. The van der Waals surface area contributed by atoms with Crippen molar-refractivity contribution in [2.24, 2.45) is 0 Å². The standard InChI is InChI=1S/C15H20N4OS/c1-3-16-15-19-18-14(21-15)13(20)17-11(2)9-10-12-7-5-4-6-8-12/h4-8,11H,3,9-10H2,1-2H3,(H,16,19)(H,17,20). The van der Waals surface area contributed by atoms with Gasteiger partial charge in [-0.3, -0.25) is 4.79 Å². The van der Waals surface area contributed by atoms with Gasteiger partial charge in [-0.25, -0.2) is 0 Å². The molecule has 0 bridgehead atoms. The van der Waals surface area contributed by atoms with Crippen molar-refractivity contribution in [3.63, 3.8) is 0 Å². The zero-order valence-electron chi connectivity index (χ0n) is 12.3. The van der Waals surface area contributed by atoms with E-state index < -0.39 is 0 Å². The number of nitrogens with zero attached hydrogens (tertiary/aromatic N) is 2. The van der Waals surface area contributed by atoms with Crippen LogP contribution in [0.2, 0.25) is 0 Å². The van der Waals surface area contributed by atoms with Crippen molar-refractivity contribution in [3.05, 3.63) is 40.9 Å². The molecule has 112 valence electrons. The van der Waals surface area contributed by atoms with Gasteiger partial charge in [0.05, 0.1) is 0 Å². The van der Waals surface area contributed by atoms with E-state index in [2.05, 4.69) is 33.0 Å². The third-order valence-electron chi connectivity index (χ3n) is 3.03. The zero-order chi connectivity index (χ0) is 15.1. The minimum absolute atomic E-state index is 0.101. The van der Waals surface area contributed by atoms with E-state index in [1.807, 2.05) is 32.0 Å². The molecule has 2 aromatic rings. The largest absolute Gasteiger partial charge is 0.360 e. The van der Waals surface area contributed by atoms with Crippen LogP contribution in [0.15, 0.2) is 30.3 Å². The molecule has 1 amide bonds. The van der Waals surface area contributed by atoms with E-state index in [4.69, 9.17) is 0 Å². The summed E-state index contributed by atoms with van der Waals surface area (Å²) in [5, 5.41) is 14.9. The number of hydrogen-bond donors (Lipinski definition) is 2. The summed E-state index contributed by atoms with van der Waals surface area (Å²) < 4.78 is 0. The van der Waals surface area contributed by atoms with Crippen molar-refractivity contribution < 1.29 is 4.79 Å². The first-order valence-corrected chi connectivity index (χ1v) is 7.93. The van der Waals surface area contributed by atoms with E-state index in [9.17, 15) is 4.79 Å². The topological polar surface area (TPSA) is 66.9 Å². The van der Waals surface area contributed by atoms with Crippen molar-refractivity contribution in [1.29, 1.82) is 0 Å². The summed E-state index contributed by atoms with van der Waals surface area (Å²) in [5.41, 5.74) is 1.28. The Morgan fingerprint density at radius 3 is 2.76 bits per heavy atom. The van der Waals surface area contributed by atoms with E-state index in [-0.39, 0.29) is 11.9 Å². The van der Waals surface area contributed by atoms with Gasteiger partial charge >= 0.3 is 0 Å². The molecule has 6 heteroatoms. The molecule has 0 aliphatic rings. The molecule has 1 aromatic heterocycles. The van der Waals surface area contributed by atoms with Gasteiger partial charge in [0.2, 0.25) is 10.1 Å². The van der Waals surface area contributed by atoms with Crippen LogP contribution in [-0.2, 0) is 6.42 Å². The van der Waals surface area contributed by atoms with E-state index in [1.54, 1.807) is 0 Å². The molecular weight excluding hydrogens is 284 g/mol. The van der Waals surface area contributed by atoms with Crippen LogP contribution in [0, 0.1) is 0 Å². The Morgan fingerprint density at radius 2 is 2.05 bits per heavy atom. The van der Waals surface area contributed by atoms with Crippen LogP contribution < -0.4 is 10.6 Å². The quantitative estimate of drug-likeness (QED) is 0.825. The fourth-order valence-corrected chi connectivity index (χ4v) is 2.64. The molecule has 0 fully saturated rings. The predicted octanol–water partition coefficient (Wildman–Crippen LogP) is 2.72. The van der Waals surface area contributed by atoms with Gasteiger partial charge in [0.1, 0.15) is 0 Å². The van der Waals surface area contributed by atoms with Crippen LogP contribution in [-0.4, -0.2) is 28.7 Å². The maximum absolute atomic E-state index is 12.1. The van der Waals surface area contributed by atoms with Crippen LogP contribution in [0.1, 0.15) is 35.6 Å². The third-order valence-corrected chi connectivity index (χ3v) is 3.91. The minimum atomic E-state index is -0.155. The molecule has 2 N–H and O–H groups in total. The number of anilines is 1. The van der Waals surface area contributed by atoms with Crippen molar-refractivity contribution in [3.8, 4) is 0 Å². The number of aromatic nitrogens is 2. The highest BCUT2D eigenvalue weighted by Gasteiger charge is 2.14. The van der Waals surface area contributed by atoms with Gasteiger partial charge in [-0.15, -0.1) is 10.2 Å². The van der Waals surface area contributed by atoms with Crippen molar-refractivity contribution in [2.45, 2.75) is 32.7 Å². The maximum atomic E-state index is 12.1. The van der Waals surface area contributed by atoms with Gasteiger partial charge in [0, 0.05) is 12.6 Å². The van der Waals surface area contributed by atoms with Crippen LogP contribution in [0.5, 0.6) is 0 Å². The number of amides is 1. The van der Waals surface area contributed by atoms with Crippen LogP contribution in [0.3, 0.4) is 0 Å². The van der Waals surface area contributed by atoms with Gasteiger partial charge in [0.15, 0.2) is 0 Å². The Hall–Kier alpha value is -1.95. The van der Waals surface area contributed by atoms with E-state index in [1.165, 1.54) is 16.9 Å². The summed E-state index contributed by atoms with van der Waals surface area (Å²) in [4.78, 5) is 12.1.